The highest BCUT2D eigenvalue weighted by Gasteiger charge is 2.73. The van der Waals surface area contributed by atoms with E-state index in [1.165, 1.54) is 0 Å². The van der Waals surface area contributed by atoms with Gasteiger partial charge in [-0.2, -0.15) is 0 Å². The molecule has 1 saturated carbocycles. The molecule has 0 amide bonds. The average molecular weight is 321 g/mol. The summed E-state index contributed by atoms with van der Waals surface area (Å²) in [4.78, 5) is 0. The molecule has 1 nitrogen and oxygen atoms in total. The van der Waals surface area contributed by atoms with Crippen LogP contribution in [-0.2, 0) is 5.60 Å². The van der Waals surface area contributed by atoms with E-state index in [1.54, 1.807) is 0 Å². The zero-order valence-electron chi connectivity index (χ0n) is 12.1. The fourth-order valence-electron chi connectivity index (χ4n) is 3.07. The largest absolute Gasteiger partial charge is 0.380 e. The topological polar surface area (TPSA) is 20.2 Å². The van der Waals surface area contributed by atoms with E-state index in [0.717, 1.165) is 16.7 Å². The van der Waals surface area contributed by atoms with Gasteiger partial charge in [-0.1, -0.05) is 67.1 Å². The minimum Gasteiger partial charge on any atom is -0.380 e. The Kier molecular flexibility index (Phi) is 3.36. The predicted molar refractivity (Wildman–Crippen MR) is 87.8 cm³/mol. The molecule has 2 aromatic rings. The van der Waals surface area contributed by atoms with E-state index in [-0.39, 0.29) is 0 Å². The average Bonchev–Trinajstić information content (AvgIpc) is 3.00. The van der Waals surface area contributed by atoms with Gasteiger partial charge in [-0.05, 0) is 24.5 Å². The summed E-state index contributed by atoms with van der Waals surface area (Å²) in [5, 5.41) is 11.6. The molecule has 0 unspecified atom stereocenters. The van der Waals surface area contributed by atoms with Crippen molar-refractivity contribution in [2.45, 2.75) is 30.2 Å². The van der Waals surface area contributed by atoms with Gasteiger partial charge in [0.15, 0.2) is 0 Å². The van der Waals surface area contributed by atoms with Gasteiger partial charge in [0.05, 0.1) is 0 Å². The van der Waals surface area contributed by atoms with Gasteiger partial charge in [-0.3, -0.25) is 0 Å². The number of hydrogen-bond donors (Lipinski definition) is 1. The van der Waals surface area contributed by atoms with Gasteiger partial charge in [0.2, 0.25) is 0 Å². The smallest absolute Gasteiger partial charge is 0.127 e. The molecular formula is C18H18Cl2O. The molecule has 1 aliphatic carbocycles. The lowest BCUT2D eigenvalue weighted by atomic mass is 9.74. The molecule has 3 rings (SSSR count). The number of aliphatic hydroxyl groups is 1. The van der Waals surface area contributed by atoms with Crippen molar-refractivity contribution in [2.24, 2.45) is 5.41 Å². The van der Waals surface area contributed by atoms with Crippen LogP contribution in [0.25, 0.3) is 0 Å². The van der Waals surface area contributed by atoms with Crippen molar-refractivity contribution >= 4 is 23.2 Å². The zero-order valence-corrected chi connectivity index (χ0v) is 13.6. The summed E-state index contributed by atoms with van der Waals surface area (Å²) >= 11 is 12.7. The molecule has 0 heterocycles. The molecule has 0 spiro atoms. The Bertz CT molecular complexity index is 651. The maximum Gasteiger partial charge on any atom is 0.127 e. The van der Waals surface area contributed by atoms with Gasteiger partial charge in [0.25, 0.3) is 0 Å². The van der Waals surface area contributed by atoms with Gasteiger partial charge in [-0.25, -0.2) is 0 Å². The fourth-order valence-corrected chi connectivity index (χ4v) is 3.88. The predicted octanol–water partition coefficient (Wildman–Crippen LogP) is 4.81. The second-order valence-electron chi connectivity index (χ2n) is 6.16. The Balaban J connectivity index is 2.19. The molecule has 0 bridgehead atoms. The maximum atomic E-state index is 11.6. The van der Waals surface area contributed by atoms with Crippen LogP contribution in [0.5, 0.6) is 0 Å². The molecule has 0 radical (unpaired) electrons. The van der Waals surface area contributed by atoms with Crippen LogP contribution < -0.4 is 0 Å². The summed E-state index contributed by atoms with van der Waals surface area (Å²) < 4.78 is -0.914. The quantitative estimate of drug-likeness (QED) is 0.804. The minimum absolute atomic E-state index is 0.558. The van der Waals surface area contributed by atoms with Gasteiger partial charge in [-0.15, -0.1) is 23.2 Å². The molecule has 1 fully saturated rings. The van der Waals surface area contributed by atoms with Crippen molar-refractivity contribution in [3.8, 4) is 0 Å². The van der Waals surface area contributed by atoms with Gasteiger partial charge < -0.3 is 5.11 Å². The van der Waals surface area contributed by atoms with E-state index >= 15 is 0 Å². The van der Waals surface area contributed by atoms with Crippen LogP contribution in [0.1, 0.15) is 30.0 Å². The summed E-state index contributed by atoms with van der Waals surface area (Å²) in [5.41, 5.74) is 0.980. The lowest BCUT2D eigenvalue weighted by Gasteiger charge is -2.37. The molecule has 0 aliphatic heterocycles. The highest BCUT2D eigenvalue weighted by Crippen LogP contribution is 2.72. The monoisotopic (exact) mass is 320 g/mol. The normalized spacial score (nSPS) is 26.1. The number of aryl methyl sites for hydroxylation is 1. The van der Waals surface area contributed by atoms with Crippen molar-refractivity contribution in [3.05, 3.63) is 71.3 Å². The Morgan fingerprint density at radius 2 is 1.43 bits per heavy atom. The number of benzene rings is 2. The molecule has 1 aliphatic rings. The molecule has 2 atom stereocenters. The summed E-state index contributed by atoms with van der Waals surface area (Å²) in [7, 11) is 0. The third-order valence-electron chi connectivity index (χ3n) is 4.72. The van der Waals surface area contributed by atoms with Crippen LogP contribution in [0.3, 0.4) is 0 Å². The summed E-state index contributed by atoms with van der Waals surface area (Å²) in [5.74, 6) is 0. The van der Waals surface area contributed by atoms with Gasteiger partial charge >= 0.3 is 0 Å². The molecule has 3 heteroatoms. The highest BCUT2D eigenvalue weighted by molar-refractivity contribution is 6.51. The third kappa shape index (κ3) is 2.11. The second kappa shape index (κ2) is 4.74. The SMILES string of the molecule is Cc1ccc([C@](O)(c2ccccc2)[C@]2(C)CC2(Cl)Cl)cc1. The van der Waals surface area contributed by atoms with Crippen LogP contribution in [0.2, 0.25) is 0 Å². The van der Waals surface area contributed by atoms with E-state index in [4.69, 9.17) is 23.2 Å². The molecule has 110 valence electrons. The standard InChI is InChI=1S/C18H18Cl2O/c1-13-8-10-15(11-9-13)18(21,14-6-4-3-5-7-14)16(2)12-17(16,19)20/h3-11,21H,12H2,1-2H3/t16-,18-/m1/s1. The lowest BCUT2D eigenvalue weighted by Crippen LogP contribution is -2.39. The molecule has 0 aromatic heterocycles. The highest BCUT2D eigenvalue weighted by atomic mass is 35.5. The first-order chi connectivity index (χ1) is 9.81. The van der Waals surface area contributed by atoms with Crippen molar-refractivity contribution < 1.29 is 5.11 Å². The summed E-state index contributed by atoms with van der Waals surface area (Å²) in [6, 6.07) is 17.5. The van der Waals surface area contributed by atoms with Crippen molar-refractivity contribution in [1.82, 2.24) is 0 Å². The molecule has 2 aromatic carbocycles. The number of hydrogen-bond acceptors (Lipinski definition) is 1. The molecular weight excluding hydrogens is 303 g/mol. The van der Waals surface area contributed by atoms with Gasteiger partial charge in [0, 0.05) is 5.41 Å². The van der Waals surface area contributed by atoms with E-state index in [0.29, 0.717) is 6.42 Å². The van der Waals surface area contributed by atoms with Crippen LogP contribution in [0.15, 0.2) is 54.6 Å². The van der Waals surface area contributed by atoms with Crippen LogP contribution in [0.4, 0.5) is 0 Å². The lowest BCUT2D eigenvalue weighted by molar-refractivity contribution is 0.00837. The number of alkyl halides is 2. The zero-order chi connectivity index (χ0) is 15.3. The summed E-state index contributed by atoms with van der Waals surface area (Å²) in [6.07, 6.45) is 0.558. The first kappa shape index (κ1) is 14.9. The Hall–Kier alpha value is -1.02. The van der Waals surface area contributed by atoms with Crippen molar-refractivity contribution in [1.29, 1.82) is 0 Å². The van der Waals surface area contributed by atoms with Gasteiger partial charge in [0.1, 0.15) is 9.93 Å². The molecule has 21 heavy (non-hydrogen) atoms. The van der Waals surface area contributed by atoms with E-state index in [2.05, 4.69) is 0 Å². The van der Waals surface area contributed by atoms with E-state index < -0.39 is 15.3 Å². The summed E-state index contributed by atoms with van der Waals surface area (Å²) in [6.45, 7) is 3.97. The second-order valence-corrected chi connectivity index (χ2v) is 7.64. The first-order valence-electron chi connectivity index (χ1n) is 7.04. The number of halogens is 2. The Morgan fingerprint density at radius 3 is 1.90 bits per heavy atom. The minimum atomic E-state index is -1.20. The molecule has 0 saturated heterocycles. The van der Waals surface area contributed by atoms with E-state index in [9.17, 15) is 5.11 Å². The van der Waals surface area contributed by atoms with Crippen molar-refractivity contribution in [2.75, 3.05) is 0 Å². The van der Waals surface area contributed by atoms with Crippen molar-refractivity contribution in [3.63, 3.8) is 0 Å². The third-order valence-corrected chi connectivity index (χ3v) is 5.82. The van der Waals surface area contributed by atoms with E-state index in [1.807, 2.05) is 68.4 Å². The Labute approximate surface area is 135 Å². The molecule has 1 N–H and O–H groups in total. The van der Waals surface area contributed by atoms with Crippen LogP contribution >= 0.6 is 23.2 Å². The Morgan fingerprint density at radius 1 is 0.952 bits per heavy atom. The number of rotatable bonds is 3. The maximum absolute atomic E-state index is 11.6. The van der Waals surface area contributed by atoms with Crippen LogP contribution in [-0.4, -0.2) is 9.44 Å². The fraction of sp³-hybridized carbons (Fsp3) is 0.333. The first-order valence-corrected chi connectivity index (χ1v) is 7.80. The van der Waals surface area contributed by atoms with Crippen LogP contribution in [0, 0.1) is 12.3 Å².